The fourth-order valence-electron chi connectivity index (χ4n) is 1.81. The average molecular weight is 277 g/mol. The number of nitrogens with zero attached hydrogens (tertiary/aromatic N) is 1. The molecule has 0 aliphatic carbocycles. The lowest BCUT2D eigenvalue weighted by Gasteiger charge is -2.15. The van der Waals surface area contributed by atoms with E-state index in [4.69, 9.17) is 0 Å². The first-order valence-corrected chi connectivity index (χ1v) is 7.07. The first kappa shape index (κ1) is 16.5. The number of aliphatic hydroxyl groups excluding tert-OH is 2. The van der Waals surface area contributed by atoms with Gasteiger partial charge in [0, 0.05) is 18.2 Å². The second kappa shape index (κ2) is 9.39. The molecule has 0 aliphatic heterocycles. The van der Waals surface area contributed by atoms with E-state index in [9.17, 15) is 15.0 Å². The summed E-state index contributed by atoms with van der Waals surface area (Å²) in [5.74, 6) is -0.0529. The van der Waals surface area contributed by atoms with Crippen molar-refractivity contribution in [2.45, 2.75) is 44.8 Å². The van der Waals surface area contributed by atoms with Gasteiger partial charge in [-0.3, -0.25) is 9.79 Å². The van der Waals surface area contributed by atoms with E-state index < -0.39 is 12.2 Å². The Bertz CT molecular complexity index is 417. The topological polar surface area (TPSA) is 69.9 Å². The second-order valence-electron chi connectivity index (χ2n) is 4.83. The molecule has 1 aromatic rings. The lowest BCUT2D eigenvalue weighted by Crippen LogP contribution is -2.26. The van der Waals surface area contributed by atoms with Gasteiger partial charge in [0.2, 0.25) is 0 Å². The highest BCUT2D eigenvalue weighted by molar-refractivity contribution is 5.98. The molecule has 1 rings (SSSR count). The molecular formula is C16H23NO3. The molecule has 4 nitrogen and oxygen atoms in total. The Morgan fingerprint density at radius 3 is 2.60 bits per heavy atom. The van der Waals surface area contributed by atoms with Crippen molar-refractivity contribution in [3.63, 3.8) is 0 Å². The fourth-order valence-corrected chi connectivity index (χ4v) is 1.81. The van der Waals surface area contributed by atoms with Crippen molar-refractivity contribution in [1.82, 2.24) is 0 Å². The summed E-state index contributed by atoms with van der Waals surface area (Å²) in [6.45, 7) is 2.11. The van der Waals surface area contributed by atoms with Gasteiger partial charge in [0.15, 0.2) is 5.78 Å². The molecule has 0 fully saturated rings. The predicted octanol–water partition coefficient (Wildman–Crippen LogP) is 2.24. The highest BCUT2D eigenvalue weighted by Gasteiger charge is 2.14. The largest absolute Gasteiger partial charge is 0.390 e. The Hall–Kier alpha value is -1.52. The number of carbonyl (C=O) groups is 1. The van der Waals surface area contributed by atoms with Gasteiger partial charge in [-0.1, -0.05) is 50.1 Å². The molecule has 0 spiro atoms. The number of unbranched alkanes of at least 4 members (excludes halogenated alkanes) is 1. The molecule has 0 radical (unpaired) electrons. The summed E-state index contributed by atoms with van der Waals surface area (Å²) in [5.41, 5.74) is 0.633. The van der Waals surface area contributed by atoms with Gasteiger partial charge >= 0.3 is 0 Å². The average Bonchev–Trinajstić information content (AvgIpc) is 2.49. The van der Waals surface area contributed by atoms with E-state index in [0.29, 0.717) is 12.0 Å². The third-order valence-corrected chi connectivity index (χ3v) is 3.10. The predicted molar refractivity (Wildman–Crippen MR) is 80.3 cm³/mol. The Kier molecular flexibility index (Phi) is 7.77. The molecule has 2 unspecified atom stereocenters. The Morgan fingerprint density at radius 2 is 1.95 bits per heavy atom. The molecule has 0 amide bonds. The molecule has 0 aliphatic rings. The van der Waals surface area contributed by atoms with Crippen LogP contribution in [0.4, 0.5) is 0 Å². The molecule has 20 heavy (non-hydrogen) atoms. The number of aliphatic hydroxyl groups is 2. The van der Waals surface area contributed by atoms with E-state index >= 15 is 0 Å². The number of hydrogen-bond donors (Lipinski definition) is 2. The van der Waals surface area contributed by atoms with Gasteiger partial charge < -0.3 is 10.2 Å². The second-order valence-corrected chi connectivity index (χ2v) is 4.83. The molecule has 2 N–H and O–H groups in total. The van der Waals surface area contributed by atoms with Crippen LogP contribution < -0.4 is 0 Å². The number of carbonyl (C=O) groups excluding carboxylic acids is 1. The van der Waals surface area contributed by atoms with Gasteiger partial charge in [0.05, 0.1) is 12.2 Å². The summed E-state index contributed by atoms with van der Waals surface area (Å²) >= 11 is 0. The lowest BCUT2D eigenvalue weighted by molar-refractivity contribution is 0.0186. The number of rotatable bonds is 9. The van der Waals surface area contributed by atoms with Crippen LogP contribution in [-0.2, 0) is 0 Å². The molecule has 0 saturated heterocycles. The standard InChI is InChI=1S/C16H23NO3/c1-2-3-9-14(18)15(19)10-11-17-12-16(20)13-7-5-4-6-8-13/h4-8,11,14-15,18-19H,2-3,9-10,12H2,1H3. The highest BCUT2D eigenvalue weighted by Crippen LogP contribution is 2.07. The van der Waals surface area contributed by atoms with Crippen molar-refractivity contribution in [3.05, 3.63) is 35.9 Å². The van der Waals surface area contributed by atoms with Crippen LogP contribution in [0.3, 0.4) is 0 Å². The summed E-state index contributed by atoms with van der Waals surface area (Å²) in [5, 5.41) is 19.4. The zero-order chi connectivity index (χ0) is 14.8. The SMILES string of the molecule is CCCCC(O)C(O)CC=NCC(=O)c1ccccc1. The maximum absolute atomic E-state index is 11.7. The Balaban J connectivity index is 2.29. The monoisotopic (exact) mass is 277 g/mol. The first-order chi connectivity index (χ1) is 9.65. The minimum Gasteiger partial charge on any atom is -0.390 e. The van der Waals surface area contributed by atoms with Crippen LogP contribution in [0, 0.1) is 0 Å². The van der Waals surface area contributed by atoms with Gasteiger partial charge in [-0.2, -0.15) is 0 Å². The quantitative estimate of drug-likeness (QED) is 0.537. The smallest absolute Gasteiger partial charge is 0.184 e. The minimum atomic E-state index is -0.808. The minimum absolute atomic E-state index is 0.0529. The van der Waals surface area contributed by atoms with E-state index in [0.717, 1.165) is 12.8 Å². The molecule has 0 bridgehead atoms. The van der Waals surface area contributed by atoms with E-state index in [1.807, 2.05) is 25.1 Å². The van der Waals surface area contributed by atoms with Crippen LogP contribution >= 0.6 is 0 Å². The summed E-state index contributed by atoms with van der Waals surface area (Å²) in [6, 6.07) is 8.98. The van der Waals surface area contributed by atoms with E-state index in [1.165, 1.54) is 6.21 Å². The Morgan fingerprint density at radius 1 is 1.25 bits per heavy atom. The third-order valence-electron chi connectivity index (χ3n) is 3.10. The summed E-state index contributed by atoms with van der Waals surface area (Å²) < 4.78 is 0. The van der Waals surface area contributed by atoms with E-state index in [2.05, 4.69) is 4.99 Å². The fraction of sp³-hybridized carbons (Fsp3) is 0.500. The molecule has 110 valence electrons. The highest BCUT2D eigenvalue weighted by atomic mass is 16.3. The van der Waals surface area contributed by atoms with Crippen molar-refractivity contribution in [2.75, 3.05) is 6.54 Å². The maximum Gasteiger partial charge on any atom is 0.184 e. The molecule has 2 atom stereocenters. The van der Waals surface area contributed by atoms with Crippen LogP contribution in [0.25, 0.3) is 0 Å². The van der Waals surface area contributed by atoms with Crippen molar-refractivity contribution in [1.29, 1.82) is 0 Å². The molecular weight excluding hydrogens is 254 g/mol. The van der Waals surface area contributed by atoms with Crippen LogP contribution in [0.2, 0.25) is 0 Å². The number of benzene rings is 1. The molecule has 1 aromatic carbocycles. The van der Waals surface area contributed by atoms with E-state index in [1.54, 1.807) is 12.1 Å². The number of Topliss-reactive ketones (excluding diaryl/α,β-unsaturated/α-hetero) is 1. The Labute approximate surface area is 120 Å². The third kappa shape index (κ3) is 6.08. The summed E-state index contributed by atoms with van der Waals surface area (Å²) in [4.78, 5) is 15.7. The molecule has 0 saturated carbocycles. The van der Waals surface area contributed by atoms with Gasteiger partial charge in [0.25, 0.3) is 0 Å². The van der Waals surface area contributed by atoms with Gasteiger partial charge in [-0.15, -0.1) is 0 Å². The van der Waals surface area contributed by atoms with Gasteiger partial charge in [-0.25, -0.2) is 0 Å². The molecule has 4 heteroatoms. The van der Waals surface area contributed by atoms with Crippen molar-refractivity contribution >= 4 is 12.0 Å². The number of aliphatic imine (C=N–C) groups is 1. The van der Waals surface area contributed by atoms with Gasteiger partial charge in [0.1, 0.15) is 6.54 Å². The van der Waals surface area contributed by atoms with E-state index in [-0.39, 0.29) is 18.7 Å². The van der Waals surface area contributed by atoms with Crippen molar-refractivity contribution in [3.8, 4) is 0 Å². The molecule has 0 heterocycles. The number of hydrogen-bond acceptors (Lipinski definition) is 4. The summed E-state index contributed by atoms with van der Waals surface area (Å²) in [7, 11) is 0. The number of ketones is 1. The maximum atomic E-state index is 11.7. The van der Waals surface area contributed by atoms with Crippen molar-refractivity contribution < 1.29 is 15.0 Å². The van der Waals surface area contributed by atoms with Crippen LogP contribution in [0.1, 0.15) is 43.0 Å². The zero-order valence-corrected chi connectivity index (χ0v) is 11.9. The molecule has 0 aromatic heterocycles. The lowest BCUT2D eigenvalue weighted by atomic mass is 10.1. The van der Waals surface area contributed by atoms with Crippen LogP contribution in [0.5, 0.6) is 0 Å². The first-order valence-electron chi connectivity index (χ1n) is 7.07. The van der Waals surface area contributed by atoms with Gasteiger partial charge in [-0.05, 0) is 6.42 Å². The van der Waals surface area contributed by atoms with Crippen LogP contribution in [0.15, 0.2) is 35.3 Å². The van der Waals surface area contributed by atoms with Crippen LogP contribution in [-0.4, -0.2) is 41.0 Å². The normalized spacial score (nSPS) is 14.3. The summed E-state index contributed by atoms with van der Waals surface area (Å²) in [6.07, 6.45) is 2.73. The zero-order valence-electron chi connectivity index (χ0n) is 11.9. The van der Waals surface area contributed by atoms with Crippen molar-refractivity contribution in [2.24, 2.45) is 4.99 Å².